The Labute approximate surface area is 146 Å². The topological polar surface area (TPSA) is 55.4 Å². The highest BCUT2D eigenvalue weighted by Gasteiger charge is 2.21. The zero-order chi connectivity index (χ0) is 17.2. The summed E-state index contributed by atoms with van der Waals surface area (Å²) in [5.41, 5.74) is 0.510. The first-order valence-corrected chi connectivity index (χ1v) is 9.30. The van der Waals surface area contributed by atoms with E-state index in [4.69, 9.17) is 16.3 Å². The molecule has 0 aromatic heterocycles. The van der Waals surface area contributed by atoms with Crippen LogP contribution in [0.4, 0.5) is 5.69 Å². The average Bonchev–Trinajstić information content (AvgIpc) is 2.57. The molecule has 0 aliphatic heterocycles. The highest BCUT2D eigenvalue weighted by atomic mass is 35.5. The molecule has 0 aliphatic carbocycles. The van der Waals surface area contributed by atoms with E-state index in [0.29, 0.717) is 17.3 Å². The van der Waals surface area contributed by atoms with Crippen molar-refractivity contribution in [3.63, 3.8) is 0 Å². The lowest BCUT2D eigenvalue weighted by molar-refractivity contribution is 0.331. The van der Waals surface area contributed by atoms with E-state index in [1.807, 2.05) is 36.4 Å². The number of sulfonamides is 1. The van der Waals surface area contributed by atoms with E-state index in [1.165, 1.54) is 6.07 Å². The number of fused-ring (bicyclic) bond motifs is 1. The van der Waals surface area contributed by atoms with Gasteiger partial charge in [0.1, 0.15) is 10.6 Å². The minimum atomic E-state index is -3.84. The monoisotopic (exact) mass is 361 g/mol. The molecule has 0 heterocycles. The standard InChI is InChI=1S/C18H16ClNO3S/c1-2-23-17-11-10-14(19)12-18(17)24(21,22)20-16-9-5-7-13-6-3-4-8-15(13)16/h3-12,20H,2H2,1H3. The number of anilines is 1. The largest absolute Gasteiger partial charge is 0.492 e. The van der Waals surface area contributed by atoms with E-state index in [9.17, 15) is 8.42 Å². The quantitative estimate of drug-likeness (QED) is 0.717. The van der Waals surface area contributed by atoms with Crippen molar-refractivity contribution < 1.29 is 13.2 Å². The second kappa shape index (κ2) is 6.71. The lowest BCUT2D eigenvalue weighted by atomic mass is 10.1. The van der Waals surface area contributed by atoms with Crippen molar-refractivity contribution in [2.45, 2.75) is 11.8 Å². The predicted octanol–water partition coefficient (Wildman–Crippen LogP) is 4.69. The van der Waals surface area contributed by atoms with Crippen LogP contribution in [0.2, 0.25) is 5.02 Å². The van der Waals surface area contributed by atoms with E-state index in [0.717, 1.165) is 10.8 Å². The SMILES string of the molecule is CCOc1ccc(Cl)cc1S(=O)(=O)Nc1cccc2ccccc12. The maximum atomic E-state index is 12.8. The van der Waals surface area contributed by atoms with Gasteiger partial charge in [0, 0.05) is 10.4 Å². The van der Waals surface area contributed by atoms with E-state index in [-0.39, 0.29) is 10.6 Å². The third kappa shape index (κ3) is 3.32. The summed E-state index contributed by atoms with van der Waals surface area (Å²) in [5.74, 6) is 0.273. The molecule has 0 aliphatic rings. The highest BCUT2D eigenvalue weighted by molar-refractivity contribution is 7.92. The summed E-state index contributed by atoms with van der Waals surface area (Å²) >= 11 is 5.97. The number of benzene rings is 3. The number of rotatable bonds is 5. The molecule has 0 spiro atoms. The molecular formula is C18H16ClNO3S. The van der Waals surface area contributed by atoms with Crippen LogP contribution in [0.15, 0.2) is 65.6 Å². The van der Waals surface area contributed by atoms with Gasteiger partial charge in [-0.05, 0) is 36.6 Å². The summed E-state index contributed by atoms with van der Waals surface area (Å²) in [5, 5.41) is 2.11. The lowest BCUT2D eigenvalue weighted by Gasteiger charge is -2.14. The Bertz CT molecular complexity index is 981. The van der Waals surface area contributed by atoms with Gasteiger partial charge < -0.3 is 4.74 Å². The minimum Gasteiger partial charge on any atom is -0.492 e. The van der Waals surface area contributed by atoms with Crippen molar-refractivity contribution in [2.24, 2.45) is 0 Å². The van der Waals surface area contributed by atoms with Crippen LogP contribution in [0, 0.1) is 0 Å². The Morgan fingerprint density at radius 1 is 1.04 bits per heavy atom. The first kappa shape index (κ1) is 16.6. The highest BCUT2D eigenvalue weighted by Crippen LogP contribution is 2.31. The molecule has 3 rings (SSSR count). The smallest absolute Gasteiger partial charge is 0.265 e. The van der Waals surface area contributed by atoms with Crippen molar-refractivity contribution in [1.82, 2.24) is 0 Å². The van der Waals surface area contributed by atoms with Crippen LogP contribution in [-0.4, -0.2) is 15.0 Å². The molecule has 24 heavy (non-hydrogen) atoms. The molecule has 0 saturated carbocycles. The summed E-state index contributed by atoms with van der Waals surface area (Å²) in [6.45, 7) is 2.15. The van der Waals surface area contributed by atoms with Crippen molar-refractivity contribution in [3.8, 4) is 5.75 Å². The van der Waals surface area contributed by atoms with Gasteiger partial charge in [0.05, 0.1) is 12.3 Å². The van der Waals surface area contributed by atoms with Crippen LogP contribution >= 0.6 is 11.6 Å². The second-order valence-electron chi connectivity index (χ2n) is 5.16. The van der Waals surface area contributed by atoms with Gasteiger partial charge in [-0.15, -0.1) is 0 Å². The van der Waals surface area contributed by atoms with Crippen LogP contribution < -0.4 is 9.46 Å². The Hall–Kier alpha value is -2.24. The first-order valence-electron chi connectivity index (χ1n) is 7.44. The number of nitrogens with one attached hydrogen (secondary N) is 1. The molecule has 0 bridgehead atoms. The Morgan fingerprint density at radius 3 is 2.58 bits per heavy atom. The molecule has 0 saturated heterocycles. The normalized spacial score (nSPS) is 11.4. The van der Waals surface area contributed by atoms with Gasteiger partial charge in [-0.1, -0.05) is 48.0 Å². The molecule has 0 fully saturated rings. The summed E-state index contributed by atoms with van der Waals surface area (Å²) < 4.78 is 33.7. The van der Waals surface area contributed by atoms with Gasteiger partial charge in [-0.3, -0.25) is 4.72 Å². The number of ether oxygens (including phenoxy) is 1. The van der Waals surface area contributed by atoms with Crippen LogP contribution in [-0.2, 0) is 10.0 Å². The molecule has 0 unspecified atom stereocenters. The van der Waals surface area contributed by atoms with Crippen LogP contribution in [0.25, 0.3) is 10.8 Å². The van der Waals surface area contributed by atoms with Gasteiger partial charge in [-0.2, -0.15) is 0 Å². The van der Waals surface area contributed by atoms with E-state index in [2.05, 4.69) is 4.72 Å². The lowest BCUT2D eigenvalue weighted by Crippen LogP contribution is -2.14. The third-order valence-corrected chi connectivity index (χ3v) is 5.15. The van der Waals surface area contributed by atoms with Crippen molar-refractivity contribution >= 4 is 38.1 Å². The molecule has 0 radical (unpaired) electrons. The van der Waals surface area contributed by atoms with Crippen molar-refractivity contribution in [2.75, 3.05) is 11.3 Å². The van der Waals surface area contributed by atoms with Crippen LogP contribution in [0.5, 0.6) is 5.75 Å². The van der Waals surface area contributed by atoms with E-state index < -0.39 is 10.0 Å². The van der Waals surface area contributed by atoms with Gasteiger partial charge in [0.15, 0.2) is 0 Å². The molecule has 4 nitrogen and oxygen atoms in total. The fourth-order valence-corrected chi connectivity index (χ4v) is 3.97. The predicted molar refractivity (Wildman–Crippen MR) is 97.4 cm³/mol. The maximum absolute atomic E-state index is 12.8. The summed E-state index contributed by atoms with van der Waals surface area (Å²) in [6, 6.07) is 17.6. The Kier molecular flexibility index (Phi) is 4.64. The Morgan fingerprint density at radius 2 is 1.79 bits per heavy atom. The third-order valence-electron chi connectivity index (χ3n) is 3.53. The first-order chi connectivity index (χ1) is 11.5. The van der Waals surface area contributed by atoms with Gasteiger partial charge >= 0.3 is 0 Å². The second-order valence-corrected chi connectivity index (χ2v) is 7.24. The molecule has 3 aromatic carbocycles. The van der Waals surface area contributed by atoms with E-state index in [1.54, 1.807) is 25.1 Å². The molecule has 3 aromatic rings. The van der Waals surface area contributed by atoms with Crippen molar-refractivity contribution in [1.29, 1.82) is 0 Å². The fourth-order valence-electron chi connectivity index (χ4n) is 2.48. The number of halogens is 1. The van der Waals surface area contributed by atoms with Crippen LogP contribution in [0.3, 0.4) is 0 Å². The molecule has 0 atom stereocenters. The molecule has 1 N–H and O–H groups in total. The van der Waals surface area contributed by atoms with Crippen LogP contribution in [0.1, 0.15) is 6.92 Å². The van der Waals surface area contributed by atoms with Crippen molar-refractivity contribution in [3.05, 3.63) is 65.7 Å². The molecule has 0 amide bonds. The molecule has 6 heteroatoms. The summed E-state index contributed by atoms with van der Waals surface area (Å²) in [6.07, 6.45) is 0. The fraction of sp³-hybridized carbons (Fsp3) is 0.111. The summed E-state index contributed by atoms with van der Waals surface area (Å²) in [4.78, 5) is 0.0183. The summed E-state index contributed by atoms with van der Waals surface area (Å²) in [7, 11) is -3.84. The minimum absolute atomic E-state index is 0.0183. The maximum Gasteiger partial charge on any atom is 0.265 e. The number of hydrogen-bond donors (Lipinski definition) is 1. The average molecular weight is 362 g/mol. The zero-order valence-corrected chi connectivity index (χ0v) is 14.6. The zero-order valence-electron chi connectivity index (χ0n) is 13.0. The van der Waals surface area contributed by atoms with Gasteiger partial charge in [0.2, 0.25) is 0 Å². The Balaban J connectivity index is 2.07. The number of hydrogen-bond acceptors (Lipinski definition) is 3. The molecular weight excluding hydrogens is 346 g/mol. The van der Waals surface area contributed by atoms with E-state index >= 15 is 0 Å². The van der Waals surface area contributed by atoms with Gasteiger partial charge in [0.25, 0.3) is 10.0 Å². The van der Waals surface area contributed by atoms with Gasteiger partial charge in [-0.25, -0.2) is 8.42 Å². The molecule has 124 valence electrons.